The van der Waals surface area contributed by atoms with Crippen LogP contribution < -0.4 is 19.7 Å². The molecular weight excluding hydrogens is 320 g/mol. The summed E-state index contributed by atoms with van der Waals surface area (Å²) in [4.78, 5) is 25.9. The van der Waals surface area contributed by atoms with Crippen molar-refractivity contribution < 1.29 is 19.1 Å². The Labute approximate surface area is 146 Å². The van der Waals surface area contributed by atoms with Crippen molar-refractivity contribution in [3.63, 3.8) is 0 Å². The van der Waals surface area contributed by atoms with Gasteiger partial charge in [-0.25, -0.2) is 0 Å². The van der Waals surface area contributed by atoms with Gasteiger partial charge in [0, 0.05) is 24.7 Å². The molecule has 0 fully saturated rings. The lowest BCUT2D eigenvalue weighted by atomic mass is 10.1. The highest BCUT2D eigenvalue weighted by Crippen LogP contribution is 2.33. The predicted octanol–water partition coefficient (Wildman–Crippen LogP) is 2.37. The number of carbonyl (C=O) groups is 2. The Balaban J connectivity index is 1.75. The molecule has 2 aromatic rings. The second kappa shape index (κ2) is 6.84. The minimum Gasteiger partial charge on any atom is -0.496 e. The molecule has 130 valence electrons. The topological polar surface area (TPSA) is 67.9 Å². The number of para-hydroxylation sites is 1. The van der Waals surface area contributed by atoms with Crippen molar-refractivity contribution in [1.29, 1.82) is 0 Å². The van der Waals surface area contributed by atoms with E-state index in [1.165, 1.54) is 0 Å². The van der Waals surface area contributed by atoms with Crippen molar-refractivity contribution in [3.05, 3.63) is 53.6 Å². The van der Waals surface area contributed by atoms with Crippen molar-refractivity contribution in [1.82, 2.24) is 5.32 Å². The second-order valence-electron chi connectivity index (χ2n) is 5.83. The number of hydrogen-bond acceptors (Lipinski definition) is 4. The zero-order valence-electron chi connectivity index (χ0n) is 14.4. The number of anilines is 1. The average molecular weight is 340 g/mol. The van der Waals surface area contributed by atoms with E-state index in [4.69, 9.17) is 9.47 Å². The van der Waals surface area contributed by atoms with Crippen molar-refractivity contribution in [2.24, 2.45) is 0 Å². The molecule has 1 N–H and O–H groups in total. The van der Waals surface area contributed by atoms with Crippen LogP contribution in [0, 0.1) is 0 Å². The number of carbonyl (C=O) groups excluding carboxylic acids is 2. The van der Waals surface area contributed by atoms with Gasteiger partial charge in [0.2, 0.25) is 0 Å². The first kappa shape index (κ1) is 16.8. The van der Waals surface area contributed by atoms with Gasteiger partial charge in [0.05, 0.1) is 12.8 Å². The highest BCUT2D eigenvalue weighted by molar-refractivity contribution is 6.01. The normalized spacial score (nSPS) is 16.0. The smallest absolute Gasteiger partial charge is 0.267 e. The fourth-order valence-corrected chi connectivity index (χ4v) is 2.79. The minimum absolute atomic E-state index is 0.110. The molecule has 2 amide bonds. The molecule has 3 rings (SSSR count). The van der Waals surface area contributed by atoms with E-state index in [0.717, 1.165) is 11.3 Å². The quantitative estimate of drug-likeness (QED) is 0.928. The number of benzene rings is 2. The summed E-state index contributed by atoms with van der Waals surface area (Å²) in [5.74, 6) is 0.926. The molecule has 25 heavy (non-hydrogen) atoms. The van der Waals surface area contributed by atoms with E-state index in [2.05, 4.69) is 5.32 Å². The number of fused-ring (bicyclic) bond motifs is 1. The number of likely N-dealkylation sites (N-methyl/N-ethyl adjacent to an activating group) is 1. The molecular formula is C19H20N2O4. The lowest BCUT2D eigenvalue weighted by molar-refractivity contribution is -0.125. The zero-order chi connectivity index (χ0) is 18.0. The fraction of sp³-hybridized carbons (Fsp3) is 0.263. The first-order chi connectivity index (χ1) is 12.0. The third-order valence-corrected chi connectivity index (χ3v) is 4.20. The van der Waals surface area contributed by atoms with Gasteiger partial charge < -0.3 is 19.7 Å². The van der Waals surface area contributed by atoms with Crippen LogP contribution in [0.2, 0.25) is 0 Å². The zero-order valence-corrected chi connectivity index (χ0v) is 14.4. The third kappa shape index (κ3) is 3.28. The summed E-state index contributed by atoms with van der Waals surface area (Å²) >= 11 is 0. The highest BCUT2D eigenvalue weighted by atomic mass is 16.5. The second-order valence-corrected chi connectivity index (χ2v) is 5.83. The van der Waals surface area contributed by atoms with Crippen molar-refractivity contribution >= 4 is 17.5 Å². The first-order valence-corrected chi connectivity index (χ1v) is 7.99. The molecule has 6 nitrogen and oxygen atoms in total. The molecule has 6 heteroatoms. The number of amides is 2. The van der Waals surface area contributed by atoms with Gasteiger partial charge in [0.25, 0.3) is 11.8 Å². The number of ether oxygens (including phenoxy) is 2. The number of hydrogen-bond donors (Lipinski definition) is 1. The van der Waals surface area contributed by atoms with E-state index in [9.17, 15) is 9.59 Å². The van der Waals surface area contributed by atoms with Crippen LogP contribution in [0.3, 0.4) is 0 Å². The van der Waals surface area contributed by atoms with Crippen LogP contribution in [-0.4, -0.2) is 32.1 Å². The first-order valence-electron chi connectivity index (χ1n) is 7.99. The largest absolute Gasteiger partial charge is 0.496 e. The molecule has 1 atom stereocenters. The van der Waals surface area contributed by atoms with Gasteiger partial charge in [-0.1, -0.05) is 18.2 Å². The Hall–Kier alpha value is -3.02. The van der Waals surface area contributed by atoms with Crippen LogP contribution in [0.25, 0.3) is 0 Å². The summed E-state index contributed by atoms with van der Waals surface area (Å²) < 4.78 is 10.9. The van der Waals surface area contributed by atoms with Crippen LogP contribution in [0.5, 0.6) is 11.5 Å². The van der Waals surface area contributed by atoms with Crippen molar-refractivity contribution in [2.45, 2.75) is 19.6 Å². The molecule has 0 saturated heterocycles. The van der Waals surface area contributed by atoms with Crippen LogP contribution in [0.15, 0.2) is 42.5 Å². The van der Waals surface area contributed by atoms with Gasteiger partial charge in [-0.15, -0.1) is 0 Å². The summed E-state index contributed by atoms with van der Waals surface area (Å²) in [6.07, 6.45) is -0.565. The molecule has 1 heterocycles. The number of methoxy groups -OCH3 is 1. The Morgan fingerprint density at radius 3 is 2.80 bits per heavy atom. The fourth-order valence-electron chi connectivity index (χ4n) is 2.79. The Morgan fingerprint density at radius 1 is 1.28 bits per heavy atom. The van der Waals surface area contributed by atoms with E-state index in [0.29, 0.717) is 23.5 Å². The molecule has 1 aliphatic rings. The molecule has 0 spiro atoms. The van der Waals surface area contributed by atoms with Gasteiger partial charge in [-0.3, -0.25) is 9.59 Å². The standard InChI is InChI=1S/C19H20N2O4/c1-12-19(23)21(2)15-9-8-13(10-17(15)25-12)18(22)20-11-14-6-4-5-7-16(14)24-3/h4-10,12H,11H2,1-3H3,(H,20,22). The molecule has 1 aliphatic heterocycles. The summed E-state index contributed by atoms with van der Waals surface area (Å²) in [5, 5.41) is 2.87. The summed E-state index contributed by atoms with van der Waals surface area (Å²) in [5.41, 5.74) is 2.03. The van der Waals surface area contributed by atoms with Crippen LogP contribution in [0.1, 0.15) is 22.8 Å². The molecule has 0 aromatic heterocycles. The third-order valence-electron chi connectivity index (χ3n) is 4.20. The molecule has 0 aliphatic carbocycles. The van der Waals surface area contributed by atoms with E-state index in [1.807, 2.05) is 24.3 Å². The summed E-state index contributed by atoms with van der Waals surface area (Å²) in [6.45, 7) is 2.05. The Bertz CT molecular complexity index is 819. The average Bonchev–Trinajstić information content (AvgIpc) is 2.64. The van der Waals surface area contributed by atoms with E-state index < -0.39 is 6.10 Å². The SMILES string of the molecule is COc1ccccc1CNC(=O)c1ccc2c(c1)OC(C)C(=O)N2C. The van der Waals surface area contributed by atoms with Crippen molar-refractivity contribution in [3.8, 4) is 11.5 Å². The monoisotopic (exact) mass is 340 g/mol. The van der Waals surface area contributed by atoms with Crippen LogP contribution in [0.4, 0.5) is 5.69 Å². The van der Waals surface area contributed by atoms with Crippen LogP contribution in [-0.2, 0) is 11.3 Å². The van der Waals surface area contributed by atoms with Gasteiger partial charge >= 0.3 is 0 Å². The lowest BCUT2D eigenvalue weighted by Gasteiger charge is -2.30. The number of rotatable bonds is 4. The van der Waals surface area contributed by atoms with E-state index >= 15 is 0 Å². The van der Waals surface area contributed by atoms with Gasteiger partial charge in [-0.05, 0) is 31.2 Å². The van der Waals surface area contributed by atoms with E-state index in [-0.39, 0.29) is 11.8 Å². The molecule has 0 radical (unpaired) electrons. The van der Waals surface area contributed by atoms with E-state index in [1.54, 1.807) is 44.2 Å². The number of nitrogens with zero attached hydrogens (tertiary/aromatic N) is 1. The maximum Gasteiger partial charge on any atom is 0.267 e. The maximum absolute atomic E-state index is 12.4. The maximum atomic E-state index is 12.4. The Kier molecular flexibility index (Phi) is 4.61. The van der Waals surface area contributed by atoms with Gasteiger partial charge in [0.1, 0.15) is 11.5 Å². The lowest BCUT2D eigenvalue weighted by Crippen LogP contribution is -2.42. The Morgan fingerprint density at radius 2 is 2.04 bits per heavy atom. The van der Waals surface area contributed by atoms with Gasteiger partial charge in [0.15, 0.2) is 6.10 Å². The summed E-state index contributed by atoms with van der Waals surface area (Å²) in [7, 11) is 3.29. The number of nitrogens with one attached hydrogen (secondary N) is 1. The molecule has 2 aromatic carbocycles. The van der Waals surface area contributed by atoms with Crippen molar-refractivity contribution in [2.75, 3.05) is 19.1 Å². The molecule has 1 unspecified atom stereocenters. The highest BCUT2D eigenvalue weighted by Gasteiger charge is 2.29. The van der Waals surface area contributed by atoms with Crippen LogP contribution >= 0.6 is 0 Å². The molecule has 0 saturated carbocycles. The molecule has 0 bridgehead atoms. The predicted molar refractivity (Wildman–Crippen MR) is 94.1 cm³/mol. The van der Waals surface area contributed by atoms with Gasteiger partial charge in [-0.2, -0.15) is 0 Å². The summed E-state index contributed by atoms with van der Waals surface area (Å²) in [6, 6.07) is 12.6. The minimum atomic E-state index is -0.565.